The van der Waals surface area contributed by atoms with E-state index in [9.17, 15) is 10.1 Å². The van der Waals surface area contributed by atoms with Crippen molar-refractivity contribution in [3.05, 3.63) is 102 Å². The Morgan fingerprint density at radius 1 is 0.917 bits per heavy atom. The van der Waals surface area contributed by atoms with Crippen LogP contribution in [-0.4, -0.2) is 62.1 Å². The van der Waals surface area contributed by atoms with Crippen LogP contribution >= 0.6 is 11.8 Å². The van der Waals surface area contributed by atoms with Crippen LogP contribution in [-0.2, 0) is 5.75 Å². The standard InChI is InChI=1S/C27H25N7OS/c28-19-24(21-9-3-1-4-10-21)32-15-17-33(18-16-32)27(35)23-13-7-8-14-25(23)36-20-26-29-30-31-34(26)22-11-5-2-6-12-22/h1-14,24H,15-18,20H2. The molecule has 0 bridgehead atoms. The van der Waals surface area contributed by atoms with Crippen LogP contribution in [0.4, 0.5) is 0 Å². The zero-order valence-electron chi connectivity index (χ0n) is 19.6. The van der Waals surface area contributed by atoms with Gasteiger partial charge in [0, 0.05) is 31.1 Å². The second kappa shape index (κ2) is 11.2. The topological polar surface area (TPSA) is 90.9 Å². The number of piperazine rings is 1. The van der Waals surface area contributed by atoms with E-state index in [1.807, 2.05) is 89.8 Å². The number of hydrogen-bond donors (Lipinski definition) is 0. The fourth-order valence-corrected chi connectivity index (χ4v) is 5.28. The summed E-state index contributed by atoms with van der Waals surface area (Å²) in [6, 6.07) is 29.3. The minimum absolute atomic E-state index is 0.00798. The van der Waals surface area contributed by atoms with E-state index >= 15 is 0 Å². The van der Waals surface area contributed by atoms with E-state index in [4.69, 9.17) is 0 Å². The Bertz CT molecular complexity index is 1350. The molecule has 4 aromatic rings. The Kier molecular flexibility index (Phi) is 7.36. The molecule has 0 aliphatic carbocycles. The summed E-state index contributed by atoms with van der Waals surface area (Å²) < 4.78 is 1.72. The normalized spacial score (nSPS) is 14.8. The van der Waals surface area contributed by atoms with Crippen molar-refractivity contribution in [3.8, 4) is 11.8 Å². The summed E-state index contributed by atoms with van der Waals surface area (Å²) in [4.78, 5) is 18.4. The molecule has 1 aromatic heterocycles. The predicted molar refractivity (Wildman–Crippen MR) is 137 cm³/mol. The lowest BCUT2D eigenvalue weighted by molar-refractivity contribution is 0.0603. The van der Waals surface area contributed by atoms with Crippen LogP contribution in [0.15, 0.2) is 89.8 Å². The number of tetrazole rings is 1. The van der Waals surface area contributed by atoms with Gasteiger partial charge in [0.15, 0.2) is 5.82 Å². The van der Waals surface area contributed by atoms with Crippen molar-refractivity contribution >= 4 is 17.7 Å². The van der Waals surface area contributed by atoms with Gasteiger partial charge >= 0.3 is 0 Å². The van der Waals surface area contributed by atoms with E-state index in [0.29, 0.717) is 43.3 Å². The molecule has 8 nitrogen and oxygen atoms in total. The number of thioether (sulfide) groups is 1. The number of para-hydroxylation sites is 1. The zero-order valence-corrected chi connectivity index (χ0v) is 20.5. The molecule has 1 aliphatic heterocycles. The van der Waals surface area contributed by atoms with E-state index in [-0.39, 0.29) is 11.9 Å². The van der Waals surface area contributed by atoms with Crippen molar-refractivity contribution in [1.29, 1.82) is 5.26 Å². The van der Waals surface area contributed by atoms with Crippen molar-refractivity contribution in [2.75, 3.05) is 26.2 Å². The lowest BCUT2D eigenvalue weighted by atomic mass is 10.1. The Hall–Kier alpha value is -4.00. The third kappa shape index (κ3) is 5.15. The van der Waals surface area contributed by atoms with Gasteiger partial charge < -0.3 is 4.90 Å². The Morgan fingerprint density at radius 2 is 1.58 bits per heavy atom. The Balaban J connectivity index is 1.25. The summed E-state index contributed by atoms with van der Waals surface area (Å²) >= 11 is 1.55. The van der Waals surface area contributed by atoms with Crippen molar-refractivity contribution in [2.24, 2.45) is 0 Å². The van der Waals surface area contributed by atoms with Gasteiger partial charge in [-0.2, -0.15) is 9.94 Å². The lowest BCUT2D eigenvalue weighted by Gasteiger charge is -2.37. The van der Waals surface area contributed by atoms with Crippen LogP contribution in [0.3, 0.4) is 0 Å². The first kappa shape index (κ1) is 23.7. The number of hydrogen-bond acceptors (Lipinski definition) is 7. The van der Waals surface area contributed by atoms with Gasteiger partial charge in [-0.1, -0.05) is 60.7 Å². The zero-order chi connectivity index (χ0) is 24.7. The van der Waals surface area contributed by atoms with Gasteiger partial charge in [-0.25, -0.2) is 0 Å². The molecule has 1 atom stereocenters. The van der Waals surface area contributed by atoms with Crippen molar-refractivity contribution in [1.82, 2.24) is 30.0 Å². The molecule has 1 amide bonds. The Morgan fingerprint density at radius 3 is 2.31 bits per heavy atom. The molecule has 180 valence electrons. The summed E-state index contributed by atoms with van der Waals surface area (Å²) in [6.45, 7) is 2.46. The number of nitrogens with zero attached hydrogens (tertiary/aromatic N) is 7. The first-order chi connectivity index (χ1) is 17.7. The second-order valence-corrected chi connectivity index (χ2v) is 9.41. The molecule has 0 N–H and O–H groups in total. The second-order valence-electron chi connectivity index (χ2n) is 8.40. The molecule has 0 saturated carbocycles. The molecule has 3 aromatic carbocycles. The molecule has 2 heterocycles. The summed E-state index contributed by atoms with van der Waals surface area (Å²) in [5, 5.41) is 21.9. The van der Waals surface area contributed by atoms with Gasteiger partial charge in [0.1, 0.15) is 6.04 Å². The third-order valence-corrected chi connectivity index (χ3v) is 7.28. The number of amides is 1. The van der Waals surface area contributed by atoms with Gasteiger partial charge in [-0.15, -0.1) is 16.9 Å². The molecule has 1 fully saturated rings. The fraction of sp³-hybridized carbons (Fsp3) is 0.222. The van der Waals surface area contributed by atoms with E-state index in [1.165, 1.54) is 0 Å². The SMILES string of the molecule is N#CC(c1ccccc1)N1CCN(C(=O)c2ccccc2SCc2nnnn2-c2ccccc2)CC1. The number of carbonyl (C=O) groups is 1. The molecule has 1 saturated heterocycles. The number of carbonyl (C=O) groups excluding carboxylic acids is 1. The van der Waals surface area contributed by atoms with Gasteiger partial charge in [0.05, 0.1) is 23.1 Å². The molecule has 1 unspecified atom stereocenters. The highest BCUT2D eigenvalue weighted by Gasteiger charge is 2.28. The molecule has 9 heteroatoms. The van der Waals surface area contributed by atoms with Gasteiger partial charge in [-0.05, 0) is 40.3 Å². The van der Waals surface area contributed by atoms with Crippen LogP contribution in [0.25, 0.3) is 5.69 Å². The molecule has 36 heavy (non-hydrogen) atoms. The highest BCUT2D eigenvalue weighted by atomic mass is 32.2. The molecular weight excluding hydrogens is 470 g/mol. The molecule has 0 spiro atoms. The molecule has 5 rings (SSSR count). The maximum atomic E-state index is 13.5. The van der Waals surface area contributed by atoms with Crippen LogP contribution in [0.2, 0.25) is 0 Å². The number of rotatable bonds is 7. The van der Waals surface area contributed by atoms with Crippen molar-refractivity contribution in [2.45, 2.75) is 16.7 Å². The van der Waals surface area contributed by atoms with Gasteiger partial charge in [0.2, 0.25) is 0 Å². The average Bonchev–Trinajstić information content (AvgIpc) is 3.42. The first-order valence-electron chi connectivity index (χ1n) is 11.8. The van der Waals surface area contributed by atoms with Crippen molar-refractivity contribution in [3.63, 3.8) is 0 Å². The molecular formula is C27H25N7OS. The monoisotopic (exact) mass is 495 g/mol. The molecule has 1 aliphatic rings. The van der Waals surface area contributed by atoms with Crippen LogP contribution < -0.4 is 0 Å². The van der Waals surface area contributed by atoms with E-state index in [2.05, 4.69) is 26.5 Å². The molecule has 0 radical (unpaired) electrons. The van der Waals surface area contributed by atoms with Gasteiger partial charge in [0.25, 0.3) is 5.91 Å². The average molecular weight is 496 g/mol. The van der Waals surface area contributed by atoms with Gasteiger partial charge in [-0.3, -0.25) is 9.69 Å². The van der Waals surface area contributed by atoms with Crippen LogP contribution in [0.5, 0.6) is 0 Å². The number of aromatic nitrogens is 4. The summed E-state index contributed by atoms with van der Waals surface area (Å²) in [6.07, 6.45) is 0. The maximum absolute atomic E-state index is 13.5. The van der Waals surface area contributed by atoms with Crippen molar-refractivity contribution < 1.29 is 4.79 Å². The predicted octanol–water partition coefficient (Wildman–Crippen LogP) is 3.98. The van der Waals surface area contributed by atoms with Crippen LogP contribution in [0, 0.1) is 11.3 Å². The smallest absolute Gasteiger partial charge is 0.255 e. The largest absolute Gasteiger partial charge is 0.336 e. The first-order valence-corrected chi connectivity index (χ1v) is 12.8. The number of benzene rings is 3. The summed E-state index contributed by atoms with van der Waals surface area (Å²) in [5.74, 6) is 1.25. The highest BCUT2D eigenvalue weighted by molar-refractivity contribution is 7.98. The number of nitriles is 1. The minimum Gasteiger partial charge on any atom is -0.336 e. The minimum atomic E-state index is -0.304. The maximum Gasteiger partial charge on any atom is 0.255 e. The quantitative estimate of drug-likeness (QED) is 0.358. The Labute approximate surface area is 214 Å². The van der Waals surface area contributed by atoms with Crippen LogP contribution in [0.1, 0.15) is 27.8 Å². The highest BCUT2D eigenvalue weighted by Crippen LogP contribution is 2.28. The lowest BCUT2D eigenvalue weighted by Crippen LogP contribution is -2.49. The summed E-state index contributed by atoms with van der Waals surface area (Å²) in [7, 11) is 0. The van der Waals surface area contributed by atoms with E-state index in [0.717, 1.165) is 16.1 Å². The van der Waals surface area contributed by atoms with E-state index in [1.54, 1.807) is 16.4 Å². The fourth-order valence-electron chi connectivity index (χ4n) is 4.33. The van der Waals surface area contributed by atoms with E-state index < -0.39 is 0 Å². The third-order valence-electron chi connectivity index (χ3n) is 6.21. The summed E-state index contributed by atoms with van der Waals surface area (Å²) in [5.41, 5.74) is 2.56.